The summed E-state index contributed by atoms with van der Waals surface area (Å²) >= 11 is 0. The maximum atomic E-state index is 14.5. The van der Waals surface area contributed by atoms with Gasteiger partial charge in [-0.1, -0.05) is 26.0 Å². The zero-order valence-electron chi connectivity index (χ0n) is 20.9. The maximum absolute atomic E-state index is 14.5. The summed E-state index contributed by atoms with van der Waals surface area (Å²) in [5.74, 6) is -0.823. The minimum atomic E-state index is -1.13. The molecule has 7 rings (SSSR count). The molecular formula is C29H25F2N5O2. The van der Waals surface area contributed by atoms with Crippen LogP contribution in [0.1, 0.15) is 55.4 Å². The molecule has 0 unspecified atom stereocenters. The van der Waals surface area contributed by atoms with Gasteiger partial charge in [-0.15, -0.1) is 5.10 Å². The largest absolute Gasteiger partial charge is 0.377 e. The number of halogens is 2. The summed E-state index contributed by atoms with van der Waals surface area (Å²) in [6.45, 7) is 4.79. The van der Waals surface area contributed by atoms with Gasteiger partial charge in [-0.05, 0) is 60.1 Å². The smallest absolute Gasteiger partial charge is 0.170 e. The first-order chi connectivity index (χ1) is 18.2. The molecule has 0 radical (unpaired) electrons. The van der Waals surface area contributed by atoms with Gasteiger partial charge in [0, 0.05) is 18.0 Å². The van der Waals surface area contributed by atoms with Crippen molar-refractivity contribution in [2.75, 3.05) is 13.2 Å². The Kier molecular flexibility index (Phi) is 4.88. The SMILES string of the molecule is CC1(C)[C@H]2CC[C@]1(c1cccc(-c3cnc(C4(O)COC4)nc3)n1)c1nnc(-c3c(F)cccc3F)cc12. The van der Waals surface area contributed by atoms with Gasteiger partial charge in [-0.3, -0.25) is 4.98 Å². The predicted octanol–water partition coefficient (Wildman–Crippen LogP) is 4.69. The van der Waals surface area contributed by atoms with Crippen LogP contribution in [0.25, 0.3) is 22.5 Å². The Balaban J connectivity index is 1.31. The Bertz CT molecular complexity index is 1570. The normalized spacial score (nSPS) is 24.2. The Hall–Kier alpha value is -3.69. The molecule has 3 aliphatic rings. The van der Waals surface area contributed by atoms with E-state index in [2.05, 4.69) is 34.0 Å². The van der Waals surface area contributed by atoms with Crippen LogP contribution in [0.5, 0.6) is 0 Å². The van der Waals surface area contributed by atoms with Crippen LogP contribution < -0.4 is 0 Å². The van der Waals surface area contributed by atoms with Crippen LogP contribution in [0.3, 0.4) is 0 Å². The van der Waals surface area contributed by atoms with E-state index in [4.69, 9.17) is 9.72 Å². The number of benzene rings is 1. The molecule has 2 aliphatic carbocycles. The molecule has 1 N–H and O–H groups in total. The molecule has 4 aromatic rings. The van der Waals surface area contributed by atoms with Gasteiger partial charge in [0.1, 0.15) is 11.6 Å². The van der Waals surface area contributed by atoms with Gasteiger partial charge < -0.3 is 9.84 Å². The fourth-order valence-corrected chi connectivity index (χ4v) is 6.72. The lowest BCUT2D eigenvalue weighted by Crippen LogP contribution is -2.47. The Morgan fingerprint density at radius 1 is 0.947 bits per heavy atom. The number of hydrogen-bond donors (Lipinski definition) is 1. The molecule has 0 amide bonds. The highest BCUT2D eigenvalue weighted by Gasteiger charge is 2.65. The summed E-state index contributed by atoms with van der Waals surface area (Å²) in [7, 11) is 0. The van der Waals surface area contributed by atoms with Gasteiger partial charge >= 0.3 is 0 Å². The number of aliphatic hydroxyl groups is 1. The second kappa shape index (κ2) is 7.91. The monoisotopic (exact) mass is 513 g/mol. The molecule has 1 aliphatic heterocycles. The van der Waals surface area contributed by atoms with E-state index < -0.39 is 22.7 Å². The minimum Gasteiger partial charge on any atom is -0.377 e. The van der Waals surface area contributed by atoms with E-state index in [1.165, 1.54) is 18.2 Å². The summed E-state index contributed by atoms with van der Waals surface area (Å²) in [6, 6.07) is 11.5. The van der Waals surface area contributed by atoms with E-state index in [1.54, 1.807) is 12.4 Å². The van der Waals surface area contributed by atoms with E-state index in [0.717, 1.165) is 35.4 Å². The first kappa shape index (κ1) is 23.4. The van der Waals surface area contributed by atoms with Crippen molar-refractivity contribution >= 4 is 0 Å². The highest BCUT2D eigenvalue weighted by molar-refractivity contribution is 5.65. The van der Waals surface area contributed by atoms with Crippen LogP contribution in [-0.2, 0) is 15.8 Å². The highest BCUT2D eigenvalue weighted by Crippen LogP contribution is 2.69. The zero-order valence-corrected chi connectivity index (χ0v) is 20.9. The average Bonchev–Trinajstić information content (AvgIpc) is 3.28. The summed E-state index contributed by atoms with van der Waals surface area (Å²) in [4.78, 5) is 13.8. The number of nitrogens with zero attached hydrogens (tertiary/aromatic N) is 5. The predicted molar refractivity (Wildman–Crippen MR) is 134 cm³/mol. The van der Waals surface area contributed by atoms with Crippen molar-refractivity contribution in [2.45, 2.75) is 43.6 Å². The van der Waals surface area contributed by atoms with Gasteiger partial charge in [0.25, 0.3) is 0 Å². The lowest BCUT2D eigenvalue weighted by molar-refractivity contribution is -0.189. The fourth-order valence-electron chi connectivity index (χ4n) is 6.72. The van der Waals surface area contributed by atoms with Crippen LogP contribution in [-0.4, -0.2) is 43.5 Å². The minimum absolute atomic E-state index is 0.153. The van der Waals surface area contributed by atoms with Gasteiger partial charge in [-0.25, -0.2) is 18.7 Å². The lowest BCUT2D eigenvalue weighted by Gasteiger charge is -2.37. The molecule has 0 spiro atoms. The molecule has 1 aromatic carbocycles. The third-order valence-electron chi connectivity index (χ3n) is 8.83. The highest BCUT2D eigenvalue weighted by atomic mass is 19.1. The Morgan fingerprint density at radius 3 is 2.34 bits per heavy atom. The molecular weight excluding hydrogens is 488 g/mol. The maximum Gasteiger partial charge on any atom is 0.170 e. The molecule has 7 nitrogen and oxygen atoms in total. The van der Waals surface area contributed by atoms with Crippen LogP contribution in [0.15, 0.2) is 54.9 Å². The first-order valence-corrected chi connectivity index (χ1v) is 12.7. The molecule has 9 heteroatoms. The first-order valence-electron chi connectivity index (χ1n) is 12.7. The number of hydrogen-bond acceptors (Lipinski definition) is 7. The third-order valence-corrected chi connectivity index (χ3v) is 8.83. The third kappa shape index (κ3) is 3.03. The second-order valence-electron chi connectivity index (χ2n) is 11.1. The molecule has 2 bridgehead atoms. The van der Waals surface area contributed by atoms with Crippen molar-refractivity contribution in [1.29, 1.82) is 0 Å². The van der Waals surface area contributed by atoms with Gasteiger partial charge in [-0.2, -0.15) is 5.10 Å². The lowest BCUT2D eigenvalue weighted by atomic mass is 9.66. The van der Waals surface area contributed by atoms with Gasteiger partial charge in [0.15, 0.2) is 11.4 Å². The quantitative estimate of drug-likeness (QED) is 0.423. The van der Waals surface area contributed by atoms with E-state index in [-0.39, 0.29) is 35.8 Å². The molecule has 1 saturated carbocycles. The number of fused-ring (bicyclic) bond motifs is 5. The van der Waals surface area contributed by atoms with E-state index >= 15 is 0 Å². The van der Waals surface area contributed by atoms with E-state index in [0.29, 0.717) is 11.5 Å². The summed E-state index contributed by atoms with van der Waals surface area (Å²) in [5, 5.41) is 19.4. The van der Waals surface area contributed by atoms with Crippen molar-refractivity contribution in [3.63, 3.8) is 0 Å². The fraction of sp³-hybridized carbons (Fsp3) is 0.345. The van der Waals surface area contributed by atoms with Crippen molar-refractivity contribution in [1.82, 2.24) is 25.1 Å². The molecule has 1 saturated heterocycles. The average molecular weight is 514 g/mol. The summed E-state index contributed by atoms with van der Waals surface area (Å²) in [6.07, 6.45) is 5.10. The van der Waals surface area contributed by atoms with Gasteiger partial charge in [0.2, 0.25) is 0 Å². The van der Waals surface area contributed by atoms with Crippen LogP contribution >= 0.6 is 0 Å². The molecule has 2 fully saturated rings. The van der Waals surface area contributed by atoms with Crippen LogP contribution in [0, 0.1) is 17.0 Å². The van der Waals surface area contributed by atoms with Crippen molar-refractivity contribution in [3.05, 3.63) is 89.3 Å². The number of aromatic nitrogens is 5. The topological polar surface area (TPSA) is 93.9 Å². The second-order valence-corrected chi connectivity index (χ2v) is 11.1. The zero-order chi connectivity index (χ0) is 26.3. The number of pyridine rings is 1. The molecule has 2 atom stereocenters. The van der Waals surface area contributed by atoms with Crippen LogP contribution in [0.2, 0.25) is 0 Å². The number of rotatable bonds is 4. The summed E-state index contributed by atoms with van der Waals surface area (Å²) < 4.78 is 34.2. The van der Waals surface area contributed by atoms with Crippen LogP contribution in [0.4, 0.5) is 8.78 Å². The van der Waals surface area contributed by atoms with Crippen molar-refractivity contribution in [3.8, 4) is 22.5 Å². The van der Waals surface area contributed by atoms with Gasteiger partial charge in [0.05, 0.1) is 47.0 Å². The van der Waals surface area contributed by atoms with Crippen molar-refractivity contribution < 1.29 is 18.6 Å². The standard InChI is InChI=1S/C29H25F2N5O2/c1-27(2)18-9-10-29(27,25-17(18)11-22(35-36-25)24-19(30)5-3-6-20(24)31)23-8-4-7-21(34-23)16-12-32-26(33-13-16)28(37)14-38-15-28/h3-8,11-13,18,37H,9-10,14-15H2,1-2H3/t18-,29-/m0/s1. The van der Waals surface area contributed by atoms with E-state index in [1.807, 2.05) is 24.3 Å². The number of ether oxygens (including phenoxy) is 1. The Labute approximate surface area is 218 Å². The molecule has 38 heavy (non-hydrogen) atoms. The molecule has 4 heterocycles. The Morgan fingerprint density at radius 2 is 1.66 bits per heavy atom. The summed E-state index contributed by atoms with van der Waals surface area (Å²) in [5.41, 5.74) is 2.30. The molecule has 3 aromatic heterocycles. The van der Waals surface area contributed by atoms with E-state index in [9.17, 15) is 13.9 Å². The molecule has 192 valence electrons. The van der Waals surface area contributed by atoms with Crippen molar-refractivity contribution in [2.24, 2.45) is 5.41 Å².